The van der Waals surface area contributed by atoms with Crippen LogP contribution in [0.2, 0.25) is 0 Å². The summed E-state index contributed by atoms with van der Waals surface area (Å²) in [5.41, 5.74) is 1.81. The number of likely N-dealkylation sites (tertiary alicyclic amines) is 1. The number of hydrogen-bond acceptors (Lipinski definition) is 11. The molecule has 6 rings (SSSR count). The summed E-state index contributed by atoms with van der Waals surface area (Å²) in [4.78, 5) is 22.2. The fourth-order valence-electron chi connectivity index (χ4n) is 7.03. The molecule has 0 saturated carbocycles. The number of alkyl carbamates (subject to hydrolysis) is 1. The van der Waals surface area contributed by atoms with Crippen molar-refractivity contribution in [2.75, 3.05) is 64.4 Å². The van der Waals surface area contributed by atoms with Gasteiger partial charge in [-0.15, -0.1) is 0 Å². The second-order valence-electron chi connectivity index (χ2n) is 14.1. The van der Waals surface area contributed by atoms with Crippen LogP contribution in [0.3, 0.4) is 0 Å². The molecule has 3 aliphatic heterocycles. The molecule has 3 aromatic rings. The minimum atomic E-state index is -4.09. The Bertz CT molecular complexity index is 1670. The third-order valence-electron chi connectivity index (χ3n) is 9.75. The van der Waals surface area contributed by atoms with Crippen molar-refractivity contribution >= 4 is 33.2 Å². The van der Waals surface area contributed by atoms with E-state index in [0.29, 0.717) is 23.7 Å². The van der Waals surface area contributed by atoms with E-state index in [1.54, 1.807) is 6.07 Å². The van der Waals surface area contributed by atoms with Gasteiger partial charge >= 0.3 is 6.09 Å². The number of ether oxygens (including phenoxy) is 3. The van der Waals surface area contributed by atoms with Crippen molar-refractivity contribution in [2.45, 2.75) is 75.4 Å². The molecule has 1 aromatic heterocycles. The normalized spacial score (nSPS) is 22.3. The molecule has 3 saturated heterocycles. The number of fused-ring (bicyclic) bond motifs is 2. The number of carbonyl (C=O) groups excluding carboxylic acids is 1. The van der Waals surface area contributed by atoms with E-state index in [2.05, 4.69) is 15.2 Å². The second-order valence-corrected chi connectivity index (χ2v) is 16.1. The summed E-state index contributed by atoms with van der Waals surface area (Å²) in [6.07, 6.45) is 1.70. The quantitative estimate of drug-likeness (QED) is 0.223. The molecule has 0 aliphatic carbocycles. The topological polar surface area (TPSA) is 147 Å². The molecule has 13 nitrogen and oxygen atoms in total. The lowest BCUT2D eigenvalue weighted by atomic mass is 10.0. The molecule has 14 heteroatoms. The molecule has 0 radical (unpaired) electrons. The van der Waals surface area contributed by atoms with Crippen molar-refractivity contribution in [3.63, 3.8) is 0 Å². The first-order valence-corrected chi connectivity index (χ1v) is 19.3. The lowest BCUT2D eigenvalue weighted by molar-refractivity contribution is -0.0907. The van der Waals surface area contributed by atoms with Gasteiger partial charge in [-0.05, 0) is 75.4 Å². The summed E-state index contributed by atoms with van der Waals surface area (Å²) in [7, 11) is -2.16. The lowest BCUT2D eigenvalue weighted by Gasteiger charge is -2.31. The fraction of sp³-hybridized carbons (Fsp3) is 0.611. The number of benzene rings is 2. The van der Waals surface area contributed by atoms with Crippen LogP contribution in [0.1, 0.15) is 45.1 Å². The molecule has 0 spiro atoms. The first-order chi connectivity index (χ1) is 24.1. The summed E-state index contributed by atoms with van der Waals surface area (Å²) in [5, 5.41) is 14.5. The third-order valence-corrected chi connectivity index (χ3v) is 11.6. The van der Waals surface area contributed by atoms with Crippen LogP contribution >= 0.6 is 0 Å². The summed E-state index contributed by atoms with van der Waals surface area (Å²) in [6.45, 7) is 8.63. The van der Waals surface area contributed by atoms with Crippen molar-refractivity contribution in [1.82, 2.24) is 19.5 Å². The highest BCUT2D eigenvalue weighted by atomic mass is 32.2. The lowest BCUT2D eigenvalue weighted by Crippen LogP contribution is -2.51. The van der Waals surface area contributed by atoms with Crippen LogP contribution in [0, 0.1) is 11.8 Å². The van der Waals surface area contributed by atoms with Crippen LogP contribution in [0.4, 0.5) is 10.8 Å². The van der Waals surface area contributed by atoms with Gasteiger partial charge < -0.3 is 38.9 Å². The minimum absolute atomic E-state index is 0.0390. The maximum absolute atomic E-state index is 14.2. The highest BCUT2D eigenvalue weighted by Crippen LogP contribution is 2.33. The number of nitrogens with one attached hydrogen (secondary N) is 1. The fourth-order valence-corrected chi connectivity index (χ4v) is 8.67. The molecular weight excluding hydrogens is 662 g/mol. The van der Waals surface area contributed by atoms with Crippen molar-refractivity contribution in [3.8, 4) is 0 Å². The highest BCUT2D eigenvalue weighted by molar-refractivity contribution is 7.89. The Morgan fingerprint density at radius 1 is 1.12 bits per heavy atom. The molecule has 0 bridgehead atoms. The van der Waals surface area contributed by atoms with E-state index in [4.69, 9.17) is 18.6 Å². The average Bonchev–Trinajstić information content (AvgIpc) is 3.91. The number of sulfonamides is 1. The summed E-state index contributed by atoms with van der Waals surface area (Å²) >= 11 is 0. The number of nitrogens with zero attached hydrogens (tertiary/aromatic N) is 4. The van der Waals surface area contributed by atoms with Gasteiger partial charge in [-0.1, -0.05) is 44.2 Å². The number of aromatic nitrogens is 1. The van der Waals surface area contributed by atoms with Gasteiger partial charge in [0.1, 0.15) is 11.6 Å². The van der Waals surface area contributed by atoms with Gasteiger partial charge in [0.15, 0.2) is 11.9 Å². The molecule has 3 fully saturated rings. The van der Waals surface area contributed by atoms with Crippen LogP contribution in [0.15, 0.2) is 57.8 Å². The largest absolute Gasteiger partial charge is 0.443 e. The zero-order chi connectivity index (χ0) is 35.3. The number of amides is 1. The number of rotatable bonds is 16. The molecule has 1 amide bonds. The molecular formula is C36H51N5O8S. The minimum Gasteiger partial charge on any atom is -0.443 e. The highest BCUT2D eigenvalue weighted by Gasteiger charge is 2.44. The molecule has 50 heavy (non-hydrogen) atoms. The maximum atomic E-state index is 14.2. The van der Waals surface area contributed by atoms with Gasteiger partial charge in [0.2, 0.25) is 10.0 Å². The molecule has 2 aromatic carbocycles. The first-order valence-electron chi connectivity index (χ1n) is 17.8. The van der Waals surface area contributed by atoms with E-state index in [-0.39, 0.29) is 49.1 Å². The zero-order valence-corrected chi connectivity index (χ0v) is 30.1. The van der Waals surface area contributed by atoms with E-state index < -0.39 is 34.4 Å². The van der Waals surface area contributed by atoms with Crippen LogP contribution in [-0.4, -0.2) is 118 Å². The van der Waals surface area contributed by atoms with E-state index in [1.807, 2.05) is 56.1 Å². The Kier molecular flexibility index (Phi) is 12.0. The average molecular weight is 714 g/mol. The van der Waals surface area contributed by atoms with E-state index in [0.717, 1.165) is 44.6 Å². The van der Waals surface area contributed by atoms with Gasteiger partial charge in [-0.3, -0.25) is 0 Å². The molecule has 3 aliphatic rings. The van der Waals surface area contributed by atoms with Gasteiger partial charge in [0.05, 0.1) is 36.2 Å². The second kappa shape index (κ2) is 16.4. The van der Waals surface area contributed by atoms with E-state index in [1.165, 1.54) is 29.3 Å². The monoisotopic (exact) mass is 713 g/mol. The van der Waals surface area contributed by atoms with E-state index >= 15 is 0 Å². The summed E-state index contributed by atoms with van der Waals surface area (Å²) in [5.74, 6) is -0.0795. The van der Waals surface area contributed by atoms with Gasteiger partial charge in [0.25, 0.3) is 6.01 Å². The molecule has 5 atom stereocenters. The standard InChI is InChI=1S/C36H51N5O8S/c1-25(2)22-41(50(44,45)27-12-13-29-32(21-27)48-35(37-29)39(3)15-9-18-40-16-7-8-17-40)23-31(42)30(20-26-10-5-4-6-11-26)38-36(43)49-33-24-47-34-28(33)14-19-46-34/h4-6,10-13,21,25,28,30-31,33-34,42H,7-9,14-20,22-24H2,1-3H3,(H,38,43). The Morgan fingerprint density at radius 2 is 1.90 bits per heavy atom. The van der Waals surface area contributed by atoms with Crippen molar-refractivity contribution in [1.29, 1.82) is 0 Å². The first kappa shape index (κ1) is 36.5. The molecule has 4 heterocycles. The molecule has 5 unspecified atom stereocenters. The van der Waals surface area contributed by atoms with Crippen LogP contribution in [0.5, 0.6) is 0 Å². The summed E-state index contributed by atoms with van der Waals surface area (Å²) < 4.78 is 52.6. The predicted molar refractivity (Wildman–Crippen MR) is 188 cm³/mol. The maximum Gasteiger partial charge on any atom is 0.407 e. The smallest absolute Gasteiger partial charge is 0.407 e. The third kappa shape index (κ3) is 8.96. The Labute approximate surface area is 294 Å². The van der Waals surface area contributed by atoms with Crippen LogP contribution in [0.25, 0.3) is 11.1 Å². The molecule has 274 valence electrons. The SMILES string of the molecule is CC(C)CN(CC(O)C(Cc1ccccc1)NC(=O)OC1COC2OCCC12)S(=O)(=O)c1ccc2nc(N(C)CCCN3CCCC3)oc2c1. The number of anilines is 1. The van der Waals surface area contributed by atoms with Crippen molar-refractivity contribution < 1.29 is 36.9 Å². The molecule has 2 N–H and O–H groups in total. The number of oxazole rings is 1. The predicted octanol–water partition coefficient (Wildman–Crippen LogP) is 3.86. The zero-order valence-electron chi connectivity index (χ0n) is 29.3. The van der Waals surface area contributed by atoms with Crippen LogP contribution in [-0.2, 0) is 30.7 Å². The van der Waals surface area contributed by atoms with Gasteiger partial charge in [0, 0.05) is 32.7 Å². The van der Waals surface area contributed by atoms with Gasteiger partial charge in [-0.2, -0.15) is 9.29 Å². The summed E-state index contributed by atoms with van der Waals surface area (Å²) in [6, 6.07) is 13.7. The number of aliphatic hydroxyl groups is 1. The number of aliphatic hydroxyl groups excluding tert-OH is 1. The van der Waals surface area contributed by atoms with Crippen LogP contribution < -0.4 is 10.2 Å². The number of hydrogen-bond donors (Lipinski definition) is 2. The van der Waals surface area contributed by atoms with Crippen molar-refractivity contribution in [2.24, 2.45) is 11.8 Å². The van der Waals surface area contributed by atoms with Gasteiger partial charge in [-0.25, -0.2) is 13.2 Å². The Balaban J connectivity index is 1.16. The van der Waals surface area contributed by atoms with Crippen molar-refractivity contribution in [3.05, 3.63) is 54.1 Å². The van der Waals surface area contributed by atoms with E-state index in [9.17, 15) is 18.3 Å². The Hall–Kier alpha value is -3.27. The Morgan fingerprint density at radius 3 is 2.66 bits per heavy atom. The number of carbonyl (C=O) groups is 1.